The molecule has 0 N–H and O–H groups in total. The Bertz CT molecular complexity index is 1300. The number of benzene rings is 3. The second kappa shape index (κ2) is 8.16. The standard InChI is InChI=1S/C22H16ClN5O/c1-15-24-20-14-8-6-12-18(20)22(29)28(15)27-21(17-11-5-7-13-19(17)23)26-25-16-9-3-2-4-10-16/h2-14H,1H3/b26-25?,27-21+. The summed E-state index contributed by atoms with van der Waals surface area (Å²) in [4.78, 5) is 17.5. The molecule has 0 unspecified atom stereocenters. The molecule has 0 saturated heterocycles. The summed E-state index contributed by atoms with van der Waals surface area (Å²) in [6.45, 7) is 1.72. The highest BCUT2D eigenvalue weighted by atomic mass is 35.5. The van der Waals surface area contributed by atoms with Crippen LogP contribution in [0.5, 0.6) is 0 Å². The zero-order valence-electron chi connectivity index (χ0n) is 15.5. The van der Waals surface area contributed by atoms with E-state index in [1.165, 1.54) is 4.68 Å². The van der Waals surface area contributed by atoms with Crippen molar-refractivity contribution in [1.82, 2.24) is 9.66 Å². The first-order chi connectivity index (χ1) is 14.1. The molecular formula is C22H16ClN5O. The van der Waals surface area contributed by atoms with Gasteiger partial charge >= 0.3 is 0 Å². The second-order valence-corrected chi connectivity index (χ2v) is 6.64. The number of halogens is 1. The molecule has 4 aromatic rings. The van der Waals surface area contributed by atoms with Gasteiger partial charge in [0.05, 0.1) is 21.6 Å². The van der Waals surface area contributed by atoms with Crippen molar-refractivity contribution in [3.8, 4) is 0 Å². The van der Waals surface area contributed by atoms with Gasteiger partial charge in [-0.3, -0.25) is 4.79 Å². The molecule has 1 heterocycles. The summed E-state index contributed by atoms with van der Waals surface area (Å²) in [5, 5.41) is 13.9. The molecule has 0 atom stereocenters. The molecule has 0 fully saturated rings. The molecule has 0 aliphatic carbocycles. The Morgan fingerprint density at radius 2 is 1.62 bits per heavy atom. The first-order valence-corrected chi connectivity index (χ1v) is 9.30. The predicted molar refractivity (Wildman–Crippen MR) is 115 cm³/mol. The van der Waals surface area contributed by atoms with Gasteiger partial charge in [0.1, 0.15) is 5.82 Å². The van der Waals surface area contributed by atoms with E-state index in [4.69, 9.17) is 11.6 Å². The first-order valence-electron chi connectivity index (χ1n) is 8.92. The minimum absolute atomic E-state index is 0.210. The summed E-state index contributed by atoms with van der Waals surface area (Å²) >= 11 is 6.36. The Morgan fingerprint density at radius 3 is 2.41 bits per heavy atom. The van der Waals surface area contributed by atoms with Crippen LogP contribution in [-0.4, -0.2) is 15.5 Å². The van der Waals surface area contributed by atoms with Gasteiger partial charge in [0.2, 0.25) is 5.84 Å². The maximum Gasteiger partial charge on any atom is 0.282 e. The van der Waals surface area contributed by atoms with Crippen LogP contribution < -0.4 is 5.56 Å². The molecular weight excluding hydrogens is 386 g/mol. The van der Waals surface area contributed by atoms with E-state index in [9.17, 15) is 4.79 Å². The lowest BCUT2D eigenvalue weighted by Gasteiger charge is -2.08. The molecule has 6 nitrogen and oxygen atoms in total. The van der Waals surface area contributed by atoms with Gasteiger partial charge in [-0.25, -0.2) is 4.98 Å². The van der Waals surface area contributed by atoms with Gasteiger partial charge in [0.15, 0.2) is 0 Å². The lowest BCUT2D eigenvalue weighted by atomic mass is 10.2. The maximum absolute atomic E-state index is 13.0. The number of aryl methyl sites for hydroxylation is 1. The quantitative estimate of drug-likeness (QED) is 0.263. The fourth-order valence-corrected chi connectivity index (χ4v) is 3.04. The van der Waals surface area contributed by atoms with Crippen LogP contribution in [0, 0.1) is 6.92 Å². The number of hydrogen-bond acceptors (Lipinski definition) is 4. The average molecular weight is 402 g/mol. The summed E-state index contributed by atoms with van der Waals surface area (Å²) in [6.07, 6.45) is 0. The topological polar surface area (TPSA) is 72.0 Å². The van der Waals surface area contributed by atoms with E-state index in [0.29, 0.717) is 33.0 Å². The number of hydrogen-bond donors (Lipinski definition) is 0. The van der Waals surface area contributed by atoms with Crippen molar-refractivity contribution in [1.29, 1.82) is 0 Å². The molecule has 0 aliphatic rings. The van der Waals surface area contributed by atoms with Gasteiger partial charge in [-0.1, -0.05) is 54.1 Å². The summed E-state index contributed by atoms with van der Waals surface area (Å²) in [5.74, 6) is 0.648. The molecule has 0 bridgehead atoms. The average Bonchev–Trinajstić information content (AvgIpc) is 2.74. The lowest BCUT2D eigenvalue weighted by molar-refractivity contribution is 0.764. The minimum Gasteiger partial charge on any atom is -0.267 e. The van der Waals surface area contributed by atoms with Crippen molar-refractivity contribution in [2.75, 3.05) is 0 Å². The molecule has 3 aromatic carbocycles. The van der Waals surface area contributed by atoms with Crippen LogP contribution in [0.2, 0.25) is 5.02 Å². The van der Waals surface area contributed by atoms with Crippen molar-refractivity contribution >= 4 is 34.0 Å². The third kappa shape index (κ3) is 3.97. The summed E-state index contributed by atoms with van der Waals surface area (Å²) in [6, 6.07) is 23.6. The first kappa shape index (κ1) is 18.7. The van der Waals surface area contributed by atoms with E-state index in [-0.39, 0.29) is 11.4 Å². The number of fused-ring (bicyclic) bond motifs is 1. The Morgan fingerprint density at radius 1 is 0.931 bits per heavy atom. The number of para-hydroxylation sites is 1. The molecule has 0 spiro atoms. The van der Waals surface area contributed by atoms with Crippen LogP contribution in [0.4, 0.5) is 5.69 Å². The van der Waals surface area contributed by atoms with Gasteiger partial charge in [0, 0.05) is 5.56 Å². The van der Waals surface area contributed by atoms with Crippen LogP contribution in [-0.2, 0) is 0 Å². The van der Waals surface area contributed by atoms with E-state index in [1.54, 1.807) is 37.3 Å². The normalized spacial score (nSPS) is 12.0. The minimum atomic E-state index is -0.285. The Kier molecular flexibility index (Phi) is 5.27. The molecule has 0 radical (unpaired) electrons. The zero-order chi connectivity index (χ0) is 20.2. The fourth-order valence-electron chi connectivity index (χ4n) is 2.82. The maximum atomic E-state index is 13.0. The van der Waals surface area contributed by atoms with Crippen molar-refractivity contribution in [2.45, 2.75) is 6.92 Å². The molecule has 1 aromatic heterocycles. The van der Waals surface area contributed by atoms with E-state index in [1.807, 2.05) is 48.5 Å². The third-order valence-electron chi connectivity index (χ3n) is 4.24. The molecule has 0 aliphatic heterocycles. The third-order valence-corrected chi connectivity index (χ3v) is 4.57. The number of azo groups is 1. The van der Waals surface area contributed by atoms with Gasteiger partial charge in [-0.15, -0.1) is 15.3 Å². The van der Waals surface area contributed by atoms with Crippen LogP contribution in [0.25, 0.3) is 10.9 Å². The molecule has 7 heteroatoms. The number of rotatable bonds is 3. The Hall–Kier alpha value is -3.64. The van der Waals surface area contributed by atoms with E-state index in [0.717, 1.165) is 0 Å². The SMILES string of the molecule is Cc1nc2ccccc2c(=O)n1/N=C(/N=Nc1ccccc1)c1ccccc1Cl. The van der Waals surface area contributed by atoms with Crippen molar-refractivity contribution < 1.29 is 0 Å². The van der Waals surface area contributed by atoms with Crippen molar-refractivity contribution in [3.05, 3.63) is 106 Å². The van der Waals surface area contributed by atoms with Crippen molar-refractivity contribution in [2.24, 2.45) is 15.3 Å². The summed E-state index contributed by atoms with van der Waals surface area (Å²) in [5.41, 5.74) is 1.56. The van der Waals surface area contributed by atoms with Gasteiger partial charge in [-0.2, -0.15) is 4.68 Å². The van der Waals surface area contributed by atoms with Crippen molar-refractivity contribution in [3.63, 3.8) is 0 Å². The largest absolute Gasteiger partial charge is 0.282 e. The van der Waals surface area contributed by atoms with E-state index in [2.05, 4.69) is 20.3 Å². The van der Waals surface area contributed by atoms with Crippen LogP contribution in [0.15, 0.2) is 99.0 Å². The number of nitrogens with zero attached hydrogens (tertiary/aromatic N) is 5. The highest BCUT2D eigenvalue weighted by Gasteiger charge is 2.12. The van der Waals surface area contributed by atoms with E-state index < -0.39 is 0 Å². The van der Waals surface area contributed by atoms with Crippen LogP contribution in [0.1, 0.15) is 11.4 Å². The molecule has 0 amide bonds. The fraction of sp³-hybridized carbons (Fsp3) is 0.0455. The highest BCUT2D eigenvalue weighted by molar-refractivity contribution is 6.34. The van der Waals surface area contributed by atoms with Crippen LogP contribution >= 0.6 is 11.6 Å². The second-order valence-electron chi connectivity index (χ2n) is 6.23. The molecule has 0 saturated carbocycles. The zero-order valence-corrected chi connectivity index (χ0v) is 16.3. The predicted octanol–water partition coefficient (Wildman–Crippen LogP) is 5.35. The number of amidine groups is 1. The summed E-state index contributed by atoms with van der Waals surface area (Å²) in [7, 11) is 0. The lowest BCUT2D eigenvalue weighted by Crippen LogP contribution is -2.22. The Labute approximate surface area is 171 Å². The molecule has 142 valence electrons. The summed E-state index contributed by atoms with van der Waals surface area (Å²) < 4.78 is 1.23. The highest BCUT2D eigenvalue weighted by Crippen LogP contribution is 2.19. The van der Waals surface area contributed by atoms with E-state index >= 15 is 0 Å². The Balaban J connectivity index is 1.91. The smallest absolute Gasteiger partial charge is 0.267 e. The van der Waals surface area contributed by atoms with Gasteiger partial charge < -0.3 is 0 Å². The van der Waals surface area contributed by atoms with Gasteiger partial charge in [-0.05, 0) is 43.3 Å². The molecule has 4 rings (SSSR count). The van der Waals surface area contributed by atoms with Crippen LogP contribution in [0.3, 0.4) is 0 Å². The van der Waals surface area contributed by atoms with Gasteiger partial charge in [0.25, 0.3) is 5.56 Å². The monoisotopic (exact) mass is 401 g/mol. The number of aromatic nitrogens is 2. The molecule has 29 heavy (non-hydrogen) atoms.